The van der Waals surface area contributed by atoms with Crippen molar-refractivity contribution in [2.24, 2.45) is 0 Å². The van der Waals surface area contributed by atoms with Crippen molar-refractivity contribution in [3.63, 3.8) is 0 Å². The number of esters is 1. The van der Waals surface area contributed by atoms with E-state index in [0.29, 0.717) is 15.6 Å². The van der Waals surface area contributed by atoms with Crippen molar-refractivity contribution in [1.29, 1.82) is 0 Å². The Bertz CT molecular complexity index is 539. The summed E-state index contributed by atoms with van der Waals surface area (Å²) in [7, 11) is 0. The molecule has 2 aromatic rings. The summed E-state index contributed by atoms with van der Waals surface area (Å²) in [6.45, 7) is 1.98. The van der Waals surface area contributed by atoms with Gasteiger partial charge in [-0.15, -0.1) is 5.10 Å². The number of hydrogen-bond donors (Lipinski definition) is 0. The summed E-state index contributed by atoms with van der Waals surface area (Å²) >= 11 is 4.49. The Morgan fingerprint density at radius 2 is 2.28 bits per heavy atom. The molecule has 0 aliphatic rings. The number of carbonyl (C=O) groups is 1. The first-order valence-corrected chi connectivity index (χ1v) is 6.84. The largest absolute Gasteiger partial charge is 0.459 e. The monoisotopic (exact) mass is 332 g/mol. The molecule has 0 bridgehead atoms. The van der Waals surface area contributed by atoms with Gasteiger partial charge in [-0.05, 0) is 35.0 Å². The van der Waals surface area contributed by atoms with Gasteiger partial charge in [0.1, 0.15) is 5.76 Å². The highest BCUT2D eigenvalue weighted by molar-refractivity contribution is 9.10. The molecule has 0 saturated carbocycles. The number of ether oxygens (including phenoxy) is 1. The lowest BCUT2D eigenvalue weighted by molar-refractivity contribution is 0.0475. The highest BCUT2D eigenvalue weighted by atomic mass is 79.9. The molecule has 2 heterocycles. The van der Waals surface area contributed by atoms with Crippen LogP contribution in [-0.2, 0) is 10.5 Å². The molecule has 18 heavy (non-hydrogen) atoms. The number of hydrogen-bond acceptors (Lipinski definition) is 7. The molecule has 0 atom stereocenters. The van der Waals surface area contributed by atoms with Gasteiger partial charge in [0.15, 0.2) is 4.67 Å². The first-order valence-electron chi connectivity index (χ1n) is 5.06. The van der Waals surface area contributed by atoms with Crippen LogP contribution in [0, 0.1) is 0 Å². The van der Waals surface area contributed by atoms with Gasteiger partial charge >= 0.3 is 11.9 Å². The molecule has 0 fully saturated rings. The fourth-order valence-electron chi connectivity index (χ4n) is 1.11. The molecule has 0 aliphatic heterocycles. The van der Waals surface area contributed by atoms with Crippen LogP contribution >= 0.6 is 27.7 Å². The zero-order valence-corrected chi connectivity index (χ0v) is 11.8. The summed E-state index contributed by atoms with van der Waals surface area (Å²) in [4.78, 5) is 11.3. The Kier molecular flexibility index (Phi) is 4.43. The lowest BCUT2D eigenvalue weighted by atomic mass is 10.5. The first kappa shape index (κ1) is 13.2. The molecule has 0 aromatic carbocycles. The van der Waals surface area contributed by atoms with E-state index in [2.05, 4.69) is 26.1 Å². The van der Waals surface area contributed by atoms with Crippen LogP contribution in [0.1, 0.15) is 23.4 Å². The highest BCUT2D eigenvalue weighted by Crippen LogP contribution is 2.24. The standard InChI is InChI=1S/C10H9BrN2O4S/c1-2-15-9(14)8-12-13-10(17-8)18-5-6-3-4-7(11)16-6/h3-4H,2,5H2,1H3. The van der Waals surface area contributed by atoms with E-state index in [-0.39, 0.29) is 12.5 Å². The van der Waals surface area contributed by atoms with E-state index in [1.807, 2.05) is 6.07 Å². The maximum Gasteiger partial charge on any atom is 0.396 e. The van der Waals surface area contributed by atoms with Crippen molar-refractivity contribution in [1.82, 2.24) is 10.2 Å². The Hall–Kier alpha value is -1.28. The lowest BCUT2D eigenvalue weighted by Crippen LogP contribution is -2.04. The van der Waals surface area contributed by atoms with Crippen LogP contribution in [0.5, 0.6) is 0 Å². The van der Waals surface area contributed by atoms with Crippen molar-refractivity contribution in [2.75, 3.05) is 6.61 Å². The number of aromatic nitrogens is 2. The van der Waals surface area contributed by atoms with Crippen molar-refractivity contribution >= 4 is 33.7 Å². The summed E-state index contributed by atoms with van der Waals surface area (Å²) in [5.41, 5.74) is 0. The molecular formula is C10H9BrN2O4S. The molecule has 8 heteroatoms. The summed E-state index contributed by atoms with van der Waals surface area (Å²) in [5, 5.41) is 7.63. The molecule has 0 radical (unpaired) electrons. The van der Waals surface area contributed by atoms with Gasteiger partial charge in [-0.1, -0.05) is 16.9 Å². The molecule has 0 N–H and O–H groups in total. The van der Waals surface area contributed by atoms with Crippen LogP contribution in [-0.4, -0.2) is 22.8 Å². The highest BCUT2D eigenvalue weighted by Gasteiger charge is 2.16. The van der Waals surface area contributed by atoms with E-state index in [1.165, 1.54) is 11.8 Å². The van der Waals surface area contributed by atoms with Crippen LogP contribution in [0.2, 0.25) is 0 Å². The molecule has 2 rings (SSSR count). The zero-order valence-electron chi connectivity index (χ0n) is 9.38. The molecule has 0 amide bonds. The molecule has 96 valence electrons. The number of nitrogens with zero attached hydrogens (tertiary/aromatic N) is 2. The maximum absolute atomic E-state index is 11.3. The smallest absolute Gasteiger partial charge is 0.396 e. The van der Waals surface area contributed by atoms with Gasteiger partial charge in [-0.25, -0.2) is 4.79 Å². The summed E-state index contributed by atoms with van der Waals surface area (Å²) in [5.74, 6) is 0.552. The minimum atomic E-state index is -0.613. The van der Waals surface area contributed by atoms with Crippen LogP contribution in [0.3, 0.4) is 0 Å². The Morgan fingerprint density at radius 3 is 2.94 bits per heavy atom. The van der Waals surface area contributed by atoms with Crippen LogP contribution in [0.25, 0.3) is 0 Å². The van der Waals surface area contributed by atoms with Crippen molar-refractivity contribution in [2.45, 2.75) is 17.9 Å². The minimum Gasteiger partial charge on any atom is -0.459 e. The number of thioether (sulfide) groups is 1. The number of rotatable bonds is 5. The predicted octanol–water partition coefficient (Wildman–Crippen LogP) is 2.89. The predicted molar refractivity (Wildman–Crippen MR) is 66.2 cm³/mol. The van der Waals surface area contributed by atoms with E-state index in [1.54, 1.807) is 13.0 Å². The van der Waals surface area contributed by atoms with Gasteiger partial charge in [-0.3, -0.25) is 0 Å². The molecule has 0 spiro atoms. The van der Waals surface area contributed by atoms with Gasteiger partial charge in [0.2, 0.25) is 0 Å². The lowest BCUT2D eigenvalue weighted by Gasteiger charge is -1.94. The number of halogens is 1. The van der Waals surface area contributed by atoms with Gasteiger partial charge in [0.05, 0.1) is 12.4 Å². The summed E-state index contributed by atoms with van der Waals surface area (Å²) < 4.78 is 15.9. The fraction of sp³-hybridized carbons (Fsp3) is 0.300. The second-order valence-electron chi connectivity index (χ2n) is 3.09. The molecule has 2 aromatic heterocycles. The summed E-state index contributed by atoms with van der Waals surface area (Å²) in [6, 6.07) is 3.63. The third-order valence-electron chi connectivity index (χ3n) is 1.82. The number of furan rings is 1. The van der Waals surface area contributed by atoms with Gasteiger partial charge in [0.25, 0.3) is 5.22 Å². The SMILES string of the molecule is CCOC(=O)c1nnc(SCc2ccc(Br)o2)o1. The average Bonchev–Trinajstić information content (AvgIpc) is 2.95. The van der Waals surface area contributed by atoms with E-state index in [9.17, 15) is 4.79 Å². The maximum atomic E-state index is 11.3. The van der Waals surface area contributed by atoms with Crippen LogP contribution in [0.15, 0.2) is 30.9 Å². The first-order chi connectivity index (χ1) is 8.69. The quantitative estimate of drug-likeness (QED) is 0.615. The molecule has 0 saturated heterocycles. The van der Waals surface area contributed by atoms with Crippen molar-refractivity contribution < 1.29 is 18.4 Å². The van der Waals surface area contributed by atoms with Crippen molar-refractivity contribution in [3.05, 3.63) is 28.5 Å². The van der Waals surface area contributed by atoms with E-state index >= 15 is 0 Å². The minimum absolute atomic E-state index is 0.139. The topological polar surface area (TPSA) is 78.4 Å². The van der Waals surface area contributed by atoms with E-state index in [4.69, 9.17) is 13.6 Å². The Balaban J connectivity index is 1.92. The molecule has 0 aliphatic carbocycles. The third kappa shape index (κ3) is 3.36. The van der Waals surface area contributed by atoms with Crippen LogP contribution in [0.4, 0.5) is 0 Å². The Morgan fingerprint density at radius 1 is 1.44 bits per heavy atom. The second kappa shape index (κ2) is 6.05. The number of carbonyl (C=O) groups excluding carboxylic acids is 1. The average molecular weight is 333 g/mol. The summed E-state index contributed by atoms with van der Waals surface area (Å²) in [6.07, 6.45) is 0. The zero-order chi connectivity index (χ0) is 13.0. The normalized spacial score (nSPS) is 10.6. The Labute approximate surface area is 115 Å². The molecule has 6 nitrogen and oxygen atoms in total. The third-order valence-corrected chi connectivity index (χ3v) is 3.09. The van der Waals surface area contributed by atoms with E-state index in [0.717, 1.165) is 5.76 Å². The fourth-order valence-corrected chi connectivity index (χ4v) is 2.10. The van der Waals surface area contributed by atoms with Gasteiger partial charge in [0, 0.05) is 0 Å². The molecule has 0 unspecified atom stereocenters. The van der Waals surface area contributed by atoms with Gasteiger partial charge < -0.3 is 13.6 Å². The van der Waals surface area contributed by atoms with E-state index < -0.39 is 5.97 Å². The van der Waals surface area contributed by atoms with Gasteiger partial charge in [-0.2, -0.15) is 0 Å². The molecular weight excluding hydrogens is 324 g/mol. The second-order valence-corrected chi connectivity index (χ2v) is 4.80. The van der Waals surface area contributed by atoms with Crippen molar-refractivity contribution in [3.8, 4) is 0 Å². The van der Waals surface area contributed by atoms with Crippen LogP contribution < -0.4 is 0 Å².